The number of nitrogens with zero attached hydrogens (tertiary/aromatic N) is 1. The maximum absolute atomic E-state index is 8.98. The smallest absolute Gasteiger partial charge is 0.0642 e. The zero-order valence-electron chi connectivity index (χ0n) is 10.9. The second-order valence-electron chi connectivity index (χ2n) is 3.99. The van der Waals surface area contributed by atoms with Gasteiger partial charge in [0.05, 0.1) is 6.61 Å². The lowest BCUT2D eigenvalue weighted by Gasteiger charge is -2.25. The Morgan fingerprint density at radius 2 is 1.88 bits per heavy atom. The summed E-state index contributed by atoms with van der Waals surface area (Å²) in [5.41, 5.74) is 2.54. The molecule has 0 unspecified atom stereocenters. The molecule has 17 heavy (non-hydrogen) atoms. The predicted octanol–water partition coefficient (Wildman–Crippen LogP) is 2.84. The van der Waals surface area contributed by atoms with Crippen molar-refractivity contribution in [2.24, 2.45) is 0 Å². The minimum atomic E-state index is 0.221. The third-order valence-corrected chi connectivity index (χ3v) is 2.84. The van der Waals surface area contributed by atoms with E-state index in [9.17, 15) is 0 Å². The van der Waals surface area contributed by atoms with Gasteiger partial charge in [0, 0.05) is 19.6 Å². The summed E-state index contributed by atoms with van der Waals surface area (Å²) in [7, 11) is 0. The summed E-state index contributed by atoms with van der Waals surface area (Å²) in [5, 5.41) is 8.98. The quantitative estimate of drug-likeness (QED) is 0.812. The van der Waals surface area contributed by atoms with Gasteiger partial charge in [-0.25, -0.2) is 0 Å². The van der Waals surface area contributed by atoms with Crippen molar-refractivity contribution in [3.05, 3.63) is 47.5 Å². The van der Waals surface area contributed by atoms with Crippen LogP contribution in [0.3, 0.4) is 0 Å². The lowest BCUT2D eigenvalue weighted by Crippen LogP contribution is -2.28. The Bertz CT molecular complexity index is 332. The Balaban J connectivity index is 0.000000686. The van der Waals surface area contributed by atoms with E-state index in [0.29, 0.717) is 0 Å². The van der Waals surface area contributed by atoms with Gasteiger partial charge < -0.3 is 5.11 Å². The van der Waals surface area contributed by atoms with E-state index in [2.05, 4.69) is 35.2 Å². The monoisotopic (exact) mass is 233 g/mol. The van der Waals surface area contributed by atoms with Gasteiger partial charge >= 0.3 is 0 Å². The maximum Gasteiger partial charge on any atom is 0.0642 e. The van der Waals surface area contributed by atoms with Crippen molar-refractivity contribution < 1.29 is 5.11 Å². The van der Waals surface area contributed by atoms with E-state index in [1.54, 1.807) is 0 Å². The Labute approximate surface area is 105 Å². The van der Waals surface area contributed by atoms with Crippen molar-refractivity contribution >= 4 is 0 Å². The number of rotatable bonds is 3. The molecular weight excluding hydrogens is 210 g/mol. The predicted molar refractivity (Wildman–Crippen MR) is 72.9 cm³/mol. The molecule has 0 aliphatic carbocycles. The lowest BCUT2D eigenvalue weighted by molar-refractivity contribution is 0.264. The number of hydrogen-bond acceptors (Lipinski definition) is 2. The minimum Gasteiger partial charge on any atom is -0.392 e. The zero-order valence-corrected chi connectivity index (χ0v) is 10.9. The molecule has 0 saturated heterocycles. The van der Waals surface area contributed by atoms with Crippen LogP contribution in [-0.2, 0) is 6.54 Å². The van der Waals surface area contributed by atoms with Crippen molar-refractivity contribution in [2.45, 2.75) is 26.8 Å². The van der Waals surface area contributed by atoms with Gasteiger partial charge in [0.15, 0.2) is 0 Å². The fraction of sp³-hybridized carbons (Fsp3) is 0.467. The largest absolute Gasteiger partial charge is 0.392 e. The first-order valence-electron chi connectivity index (χ1n) is 6.43. The van der Waals surface area contributed by atoms with Gasteiger partial charge in [0.25, 0.3) is 0 Å². The van der Waals surface area contributed by atoms with E-state index in [1.807, 2.05) is 19.9 Å². The highest BCUT2D eigenvalue weighted by Gasteiger charge is 2.10. The molecule has 0 bridgehead atoms. The standard InChI is InChI=1S/C13H17NO.C2H6/c15-11-13-6-8-14(9-7-13)10-12-4-2-1-3-5-12;1-2/h1-6,15H,7-11H2;1-2H3. The third-order valence-electron chi connectivity index (χ3n) is 2.84. The molecular formula is C15H23NO. The molecule has 1 aromatic rings. The molecule has 0 atom stereocenters. The number of benzene rings is 1. The molecule has 94 valence electrons. The molecule has 0 amide bonds. The van der Waals surface area contributed by atoms with Crippen LogP contribution in [0, 0.1) is 0 Å². The number of aliphatic hydroxyl groups is 1. The summed E-state index contributed by atoms with van der Waals surface area (Å²) in [6, 6.07) is 10.5. The zero-order chi connectivity index (χ0) is 12.5. The van der Waals surface area contributed by atoms with Crippen LogP contribution in [-0.4, -0.2) is 29.7 Å². The maximum atomic E-state index is 8.98. The summed E-state index contributed by atoms with van der Waals surface area (Å²) in [5.74, 6) is 0. The van der Waals surface area contributed by atoms with Crippen LogP contribution in [0.4, 0.5) is 0 Å². The SMILES string of the molecule is CC.OCC1=CCN(Cc2ccccc2)CC1. The van der Waals surface area contributed by atoms with Gasteiger partial charge in [0.2, 0.25) is 0 Å². The van der Waals surface area contributed by atoms with Gasteiger partial charge in [-0.15, -0.1) is 0 Å². The second kappa shape index (κ2) is 8.04. The Kier molecular flexibility index (Phi) is 6.60. The van der Waals surface area contributed by atoms with Crippen LogP contribution in [0.5, 0.6) is 0 Å². The molecule has 2 nitrogen and oxygen atoms in total. The normalized spacial score (nSPS) is 15.8. The second-order valence-corrected chi connectivity index (χ2v) is 3.99. The first-order chi connectivity index (χ1) is 8.38. The summed E-state index contributed by atoms with van der Waals surface area (Å²) in [6.07, 6.45) is 3.15. The van der Waals surface area contributed by atoms with Gasteiger partial charge in [-0.3, -0.25) is 4.90 Å². The van der Waals surface area contributed by atoms with Gasteiger partial charge in [0.1, 0.15) is 0 Å². The molecule has 0 radical (unpaired) electrons. The van der Waals surface area contributed by atoms with Crippen LogP contribution in [0.1, 0.15) is 25.8 Å². The van der Waals surface area contributed by atoms with Crippen LogP contribution >= 0.6 is 0 Å². The highest BCUT2D eigenvalue weighted by Crippen LogP contribution is 2.12. The van der Waals surface area contributed by atoms with Crippen molar-refractivity contribution in [3.63, 3.8) is 0 Å². The fourth-order valence-electron chi connectivity index (χ4n) is 1.88. The Morgan fingerprint density at radius 1 is 1.18 bits per heavy atom. The lowest BCUT2D eigenvalue weighted by atomic mass is 10.1. The first kappa shape index (κ1) is 13.9. The van der Waals surface area contributed by atoms with Crippen LogP contribution in [0.25, 0.3) is 0 Å². The molecule has 1 aliphatic rings. The van der Waals surface area contributed by atoms with E-state index < -0.39 is 0 Å². The van der Waals surface area contributed by atoms with E-state index in [0.717, 1.165) is 26.1 Å². The molecule has 0 spiro atoms. The molecule has 2 heteroatoms. The van der Waals surface area contributed by atoms with Gasteiger partial charge in [-0.05, 0) is 17.6 Å². The topological polar surface area (TPSA) is 23.5 Å². The molecule has 1 aromatic carbocycles. The molecule has 2 rings (SSSR count). The van der Waals surface area contributed by atoms with E-state index in [1.165, 1.54) is 11.1 Å². The molecule has 1 heterocycles. The molecule has 0 fully saturated rings. The molecule has 0 saturated carbocycles. The average Bonchev–Trinajstić information content (AvgIpc) is 2.43. The van der Waals surface area contributed by atoms with E-state index >= 15 is 0 Å². The van der Waals surface area contributed by atoms with Gasteiger partial charge in [-0.2, -0.15) is 0 Å². The molecule has 1 N–H and O–H groups in total. The van der Waals surface area contributed by atoms with Crippen molar-refractivity contribution in [1.82, 2.24) is 4.90 Å². The highest BCUT2D eigenvalue weighted by atomic mass is 16.3. The summed E-state index contributed by atoms with van der Waals surface area (Å²) in [4.78, 5) is 2.40. The van der Waals surface area contributed by atoms with Crippen molar-refractivity contribution in [3.8, 4) is 0 Å². The highest BCUT2D eigenvalue weighted by molar-refractivity contribution is 5.15. The fourth-order valence-corrected chi connectivity index (χ4v) is 1.88. The molecule has 0 aromatic heterocycles. The Hall–Kier alpha value is -1.12. The molecule has 1 aliphatic heterocycles. The third kappa shape index (κ3) is 4.72. The van der Waals surface area contributed by atoms with Crippen molar-refractivity contribution in [1.29, 1.82) is 0 Å². The van der Waals surface area contributed by atoms with Crippen LogP contribution < -0.4 is 0 Å². The first-order valence-corrected chi connectivity index (χ1v) is 6.43. The van der Waals surface area contributed by atoms with Gasteiger partial charge in [-0.1, -0.05) is 50.3 Å². The number of aliphatic hydroxyl groups excluding tert-OH is 1. The van der Waals surface area contributed by atoms with Crippen molar-refractivity contribution in [2.75, 3.05) is 19.7 Å². The average molecular weight is 233 g/mol. The van der Waals surface area contributed by atoms with E-state index in [4.69, 9.17) is 5.11 Å². The number of hydrogen-bond donors (Lipinski definition) is 1. The van der Waals surface area contributed by atoms with Crippen LogP contribution in [0.15, 0.2) is 42.0 Å². The summed E-state index contributed by atoms with van der Waals surface area (Å²) >= 11 is 0. The summed E-state index contributed by atoms with van der Waals surface area (Å²) in [6.45, 7) is 7.25. The minimum absolute atomic E-state index is 0.221. The van der Waals surface area contributed by atoms with E-state index in [-0.39, 0.29) is 6.61 Å². The Morgan fingerprint density at radius 3 is 2.41 bits per heavy atom. The van der Waals surface area contributed by atoms with Crippen LogP contribution in [0.2, 0.25) is 0 Å². The summed E-state index contributed by atoms with van der Waals surface area (Å²) < 4.78 is 0.